The van der Waals surface area contributed by atoms with Crippen molar-refractivity contribution in [2.75, 3.05) is 6.61 Å². The summed E-state index contributed by atoms with van der Waals surface area (Å²) in [5.74, 6) is 0.804. The molecule has 0 radical (unpaired) electrons. The third kappa shape index (κ3) is 3.54. The summed E-state index contributed by atoms with van der Waals surface area (Å²) in [6.07, 6.45) is 0.957. The Labute approximate surface area is 130 Å². The predicted molar refractivity (Wildman–Crippen MR) is 85.9 cm³/mol. The number of rotatable bonds is 5. The smallest absolute Gasteiger partial charge is 0.272 e. The summed E-state index contributed by atoms with van der Waals surface area (Å²) in [5.41, 5.74) is 0.327. The van der Waals surface area contributed by atoms with E-state index >= 15 is 0 Å². The van der Waals surface area contributed by atoms with Crippen molar-refractivity contribution in [2.24, 2.45) is 7.05 Å². The van der Waals surface area contributed by atoms with Crippen molar-refractivity contribution in [3.8, 4) is 17.0 Å². The molecule has 0 unspecified atom stereocenters. The lowest BCUT2D eigenvalue weighted by Crippen LogP contribution is -2.32. The van der Waals surface area contributed by atoms with Crippen LogP contribution in [0.5, 0.6) is 5.75 Å². The molecular formula is C17H22N2O3. The van der Waals surface area contributed by atoms with E-state index < -0.39 is 5.60 Å². The lowest BCUT2D eigenvalue weighted by Gasteiger charge is -2.18. The van der Waals surface area contributed by atoms with Gasteiger partial charge in [0.05, 0.1) is 23.5 Å². The molecule has 0 spiro atoms. The van der Waals surface area contributed by atoms with Gasteiger partial charge in [-0.05, 0) is 50.6 Å². The summed E-state index contributed by atoms with van der Waals surface area (Å²) in [6.45, 7) is 5.92. The van der Waals surface area contributed by atoms with Gasteiger partial charge in [0.2, 0.25) is 0 Å². The average molecular weight is 302 g/mol. The predicted octanol–water partition coefficient (Wildman–Crippen LogP) is 2.46. The van der Waals surface area contributed by atoms with E-state index in [4.69, 9.17) is 4.74 Å². The lowest BCUT2D eigenvalue weighted by atomic mass is 9.98. The highest BCUT2D eigenvalue weighted by molar-refractivity contribution is 5.60. The highest BCUT2D eigenvalue weighted by Gasteiger charge is 2.22. The summed E-state index contributed by atoms with van der Waals surface area (Å²) in [4.78, 5) is 12.1. The van der Waals surface area contributed by atoms with E-state index in [0.717, 1.165) is 17.7 Å². The molecule has 1 heterocycles. The number of aliphatic hydroxyl groups is 1. The van der Waals surface area contributed by atoms with Crippen molar-refractivity contribution >= 4 is 0 Å². The first-order chi connectivity index (χ1) is 10.3. The molecule has 1 N–H and O–H groups in total. The maximum Gasteiger partial charge on any atom is 0.272 e. The average Bonchev–Trinajstić information content (AvgIpc) is 2.47. The van der Waals surface area contributed by atoms with Gasteiger partial charge in [0.1, 0.15) is 5.75 Å². The minimum atomic E-state index is -1.21. The minimum absolute atomic E-state index is 0.292. The summed E-state index contributed by atoms with van der Waals surface area (Å²) < 4.78 is 6.81. The fourth-order valence-electron chi connectivity index (χ4n) is 2.13. The van der Waals surface area contributed by atoms with Crippen LogP contribution in [0.25, 0.3) is 11.3 Å². The van der Waals surface area contributed by atoms with Crippen molar-refractivity contribution in [1.29, 1.82) is 0 Å². The molecule has 0 bridgehead atoms. The number of benzene rings is 1. The topological polar surface area (TPSA) is 64.3 Å². The van der Waals surface area contributed by atoms with Crippen LogP contribution in [0.2, 0.25) is 0 Å². The number of aromatic nitrogens is 2. The van der Waals surface area contributed by atoms with Crippen molar-refractivity contribution < 1.29 is 9.84 Å². The second-order valence-corrected chi connectivity index (χ2v) is 5.80. The Hall–Kier alpha value is -2.14. The van der Waals surface area contributed by atoms with E-state index in [1.54, 1.807) is 27.0 Å². The second-order valence-electron chi connectivity index (χ2n) is 5.80. The molecule has 0 fully saturated rings. The number of aryl methyl sites for hydroxylation is 1. The zero-order valence-electron chi connectivity index (χ0n) is 13.5. The van der Waals surface area contributed by atoms with Crippen LogP contribution in [0.1, 0.15) is 32.8 Å². The SMILES string of the molecule is CCCOc1ccc(-c2cc(C(C)(C)O)c(=O)n(C)n2)cc1. The first-order valence-corrected chi connectivity index (χ1v) is 7.37. The Morgan fingerprint density at radius 1 is 1.27 bits per heavy atom. The molecule has 0 atom stereocenters. The maximum absolute atomic E-state index is 12.1. The Bertz CT molecular complexity index is 697. The first kappa shape index (κ1) is 16.2. The Kier molecular flexibility index (Phi) is 4.66. The van der Waals surface area contributed by atoms with E-state index in [2.05, 4.69) is 12.0 Å². The summed E-state index contributed by atoms with van der Waals surface area (Å²) >= 11 is 0. The van der Waals surface area contributed by atoms with Gasteiger partial charge in [-0.3, -0.25) is 4.79 Å². The monoisotopic (exact) mass is 302 g/mol. The van der Waals surface area contributed by atoms with Gasteiger partial charge in [0, 0.05) is 12.6 Å². The van der Waals surface area contributed by atoms with Crippen molar-refractivity contribution in [3.63, 3.8) is 0 Å². The molecule has 0 saturated heterocycles. The molecule has 22 heavy (non-hydrogen) atoms. The van der Waals surface area contributed by atoms with Gasteiger partial charge < -0.3 is 9.84 Å². The van der Waals surface area contributed by atoms with Gasteiger partial charge in [-0.15, -0.1) is 0 Å². The fourth-order valence-corrected chi connectivity index (χ4v) is 2.13. The second kappa shape index (κ2) is 6.32. The van der Waals surface area contributed by atoms with Crippen LogP contribution in [0.3, 0.4) is 0 Å². The minimum Gasteiger partial charge on any atom is -0.494 e. The van der Waals surface area contributed by atoms with Crippen LogP contribution in [0.15, 0.2) is 35.1 Å². The van der Waals surface area contributed by atoms with E-state index in [1.807, 2.05) is 24.3 Å². The molecule has 118 valence electrons. The molecule has 0 aliphatic rings. The quantitative estimate of drug-likeness (QED) is 0.921. The summed E-state index contributed by atoms with van der Waals surface area (Å²) in [7, 11) is 1.58. The van der Waals surface area contributed by atoms with Gasteiger partial charge in [0.25, 0.3) is 5.56 Å². The van der Waals surface area contributed by atoms with Gasteiger partial charge in [0.15, 0.2) is 0 Å². The third-order valence-electron chi connectivity index (χ3n) is 3.35. The van der Waals surface area contributed by atoms with Crippen molar-refractivity contribution in [3.05, 3.63) is 46.2 Å². The molecule has 1 aromatic carbocycles. The number of nitrogens with zero attached hydrogens (tertiary/aromatic N) is 2. The number of hydrogen-bond donors (Lipinski definition) is 1. The molecule has 5 nitrogen and oxygen atoms in total. The van der Waals surface area contributed by atoms with Crippen molar-refractivity contribution in [1.82, 2.24) is 9.78 Å². The van der Waals surface area contributed by atoms with Gasteiger partial charge in [-0.1, -0.05) is 6.92 Å². The highest BCUT2D eigenvalue weighted by Crippen LogP contribution is 2.23. The molecule has 2 aromatic rings. The zero-order chi connectivity index (χ0) is 16.3. The van der Waals surface area contributed by atoms with E-state index in [-0.39, 0.29) is 5.56 Å². The number of ether oxygens (including phenoxy) is 1. The molecule has 1 aromatic heterocycles. The molecule has 0 amide bonds. The van der Waals surface area contributed by atoms with Crippen LogP contribution in [-0.2, 0) is 12.6 Å². The lowest BCUT2D eigenvalue weighted by molar-refractivity contribution is 0.0763. The van der Waals surface area contributed by atoms with Crippen LogP contribution in [-0.4, -0.2) is 21.5 Å². The first-order valence-electron chi connectivity index (χ1n) is 7.37. The van der Waals surface area contributed by atoms with Crippen LogP contribution in [0, 0.1) is 0 Å². The van der Waals surface area contributed by atoms with E-state index in [0.29, 0.717) is 17.9 Å². The fraction of sp³-hybridized carbons (Fsp3) is 0.412. The number of hydrogen-bond acceptors (Lipinski definition) is 4. The van der Waals surface area contributed by atoms with Crippen LogP contribution >= 0.6 is 0 Å². The van der Waals surface area contributed by atoms with Crippen LogP contribution in [0.4, 0.5) is 0 Å². The Morgan fingerprint density at radius 2 is 1.91 bits per heavy atom. The Balaban J connectivity index is 2.41. The van der Waals surface area contributed by atoms with Crippen molar-refractivity contribution in [2.45, 2.75) is 32.8 Å². The zero-order valence-corrected chi connectivity index (χ0v) is 13.5. The molecule has 5 heteroatoms. The largest absolute Gasteiger partial charge is 0.494 e. The molecule has 2 rings (SSSR count). The normalized spacial score (nSPS) is 11.5. The molecular weight excluding hydrogens is 280 g/mol. The molecule has 0 aliphatic carbocycles. The highest BCUT2D eigenvalue weighted by atomic mass is 16.5. The third-order valence-corrected chi connectivity index (χ3v) is 3.35. The van der Waals surface area contributed by atoms with E-state index in [9.17, 15) is 9.90 Å². The summed E-state index contributed by atoms with van der Waals surface area (Å²) in [6, 6.07) is 9.19. The van der Waals surface area contributed by atoms with Gasteiger partial charge >= 0.3 is 0 Å². The van der Waals surface area contributed by atoms with Gasteiger partial charge in [-0.2, -0.15) is 5.10 Å². The van der Waals surface area contributed by atoms with Crippen LogP contribution < -0.4 is 10.3 Å². The molecule has 0 aliphatic heterocycles. The molecule has 0 saturated carbocycles. The maximum atomic E-state index is 12.1. The van der Waals surface area contributed by atoms with Gasteiger partial charge in [-0.25, -0.2) is 4.68 Å². The Morgan fingerprint density at radius 3 is 2.45 bits per heavy atom. The summed E-state index contributed by atoms with van der Waals surface area (Å²) in [5, 5.41) is 14.4. The standard InChI is InChI=1S/C17H22N2O3/c1-5-10-22-13-8-6-12(7-9-13)15-11-14(17(2,3)21)16(20)19(4)18-15/h6-9,11,21H,5,10H2,1-4H3. The van der Waals surface area contributed by atoms with E-state index in [1.165, 1.54) is 4.68 Å².